The van der Waals surface area contributed by atoms with Gasteiger partial charge in [-0.3, -0.25) is 0 Å². The van der Waals surface area contributed by atoms with Crippen LogP contribution in [0.4, 0.5) is 0 Å². The van der Waals surface area contributed by atoms with Crippen LogP contribution in [0, 0.1) is 0 Å². The summed E-state index contributed by atoms with van der Waals surface area (Å²) in [6.07, 6.45) is 4.66. The van der Waals surface area contributed by atoms with Gasteiger partial charge >= 0.3 is 0 Å². The summed E-state index contributed by atoms with van der Waals surface area (Å²) in [7, 11) is -3.22. The van der Waals surface area contributed by atoms with E-state index in [1.807, 2.05) is 0 Å². The minimum Gasteiger partial charge on any atom is -0.219 e. The minimum absolute atomic E-state index is 0.359. The molecule has 1 aromatic rings. The number of benzene rings is 1. The topological polar surface area (TPSA) is 34.1 Å². The first-order valence-electron chi connectivity index (χ1n) is 5.13. The summed E-state index contributed by atoms with van der Waals surface area (Å²) in [6.45, 7) is 2.08. The number of sulfone groups is 1. The Bertz CT molecular complexity index is 405. The Balaban J connectivity index is 2.73. The molecule has 0 unspecified atom stereocenters. The summed E-state index contributed by atoms with van der Waals surface area (Å²) in [4.78, 5) is 0.359. The van der Waals surface area contributed by atoms with Gasteiger partial charge in [0.1, 0.15) is 0 Å². The maximum atomic E-state index is 11.7. The molecule has 0 radical (unpaired) electrons. The molecule has 0 aliphatic carbocycles. The zero-order chi connectivity index (χ0) is 11.1. The maximum Gasteiger partial charge on any atom is 0.199 e. The molecule has 0 spiro atoms. The van der Waals surface area contributed by atoms with Crippen molar-refractivity contribution in [3.8, 4) is 0 Å². The summed E-state index contributed by atoms with van der Waals surface area (Å²) in [5.41, 5.74) is 0. The summed E-state index contributed by atoms with van der Waals surface area (Å²) >= 11 is 0. The lowest BCUT2D eigenvalue weighted by atomic mass is 10.2. The molecule has 0 fully saturated rings. The SMILES string of the molecule is CCCC/C=C/S(=O)(=O)c1ccccc1. The van der Waals surface area contributed by atoms with Gasteiger partial charge in [0.05, 0.1) is 4.90 Å². The third-order valence-corrected chi connectivity index (χ3v) is 3.55. The second-order valence-corrected chi connectivity index (χ2v) is 5.21. The van der Waals surface area contributed by atoms with Crippen LogP contribution in [0.2, 0.25) is 0 Å². The van der Waals surface area contributed by atoms with Crippen LogP contribution in [0.25, 0.3) is 0 Å². The molecule has 3 heteroatoms. The van der Waals surface area contributed by atoms with Crippen LogP contribution in [-0.4, -0.2) is 8.42 Å². The zero-order valence-corrected chi connectivity index (χ0v) is 9.70. The van der Waals surface area contributed by atoms with Gasteiger partial charge in [-0.25, -0.2) is 8.42 Å². The van der Waals surface area contributed by atoms with E-state index in [1.165, 1.54) is 5.41 Å². The maximum absolute atomic E-state index is 11.7. The Morgan fingerprint density at radius 1 is 1.20 bits per heavy atom. The first-order valence-corrected chi connectivity index (χ1v) is 6.68. The second-order valence-electron chi connectivity index (χ2n) is 3.37. The fourth-order valence-corrected chi connectivity index (χ4v) is 2.29. The van der Waals surface area contributed by atoms with Gasteiger partial charge in [-0.2, -0.15) is 0 Å². The van der Waals surface area contributed by atoms with E-state index in [-0.39, 0.29) is 0 Å². The van der Waals surface area contributed by atoms with Crippen molar-refractivity contribution in [2.45, 2.75) is 31.1 Å². The molecule has 2 nitrogen and oxygen atoms in total. The van der Waals surface area contributed by atoms with Crippen molar-refractivity contribution in [2.24, 2.45) is 0 Å². The van der Waals surface area contributed by atoms with Crippen molar-refractivity contribution in [2.75, 3.05) is 0 Å². The monoisotopic (exact) mass is 224 g/mol. The summed E-state index contributed by atoms with van der Waals surface area (Å²) in [6, 6.07) is 8.48. The number of unbranched alkanes of at least 4 members (excludes halogenated alkanes) is 2. The molecule has 0 amide bonds. The van der Waals surface area contributed by atoms with Crippen LogP contribution in [0.1, 0.15) is 26.2 Å². The minimum atomic E-state index is -3.22. The molecule has 0 saturated carbocycles. The highest BCUT2D eigenvalue weighted by Gasteiger charge is 2.07. The van der Waals surface area contributed by atoms with Crippen molar-refractivity contribution in [3.05, 3.63) is 41.8 Å². The highest BCUT2D eigenvalue weighted by Crippen LogP contribution is 2.11. The zero-order valence-electron chi connectivity index (χ0n) is 8.89. The standard InChI is InChI=1S/C12H16O2S/c1-2-3-4-8-11-15(13,14)12-9-6-5-7-10-12/h5-11H,2-4H2,1H3/b11-8+. The molecule has 0 aliphatic heterocycles. The molecular weight excluding hydrogens is 208 g/mol. The Morgan fingerprint density at radius 2 is 1.87 bits per heavy atom. The molecule has 1 aromatic carbocycles. The van der Waals surface area contributed by atoms with E-state index < -0.39 is 9.84 Å². The molecule has 0 aromatic heterocycles. The van der Waals surface area contributed by atoms with E-state index in [2.05, 4.69) is 6.92 Å². The molecule has 0 atom stereocenters. The Morgan fingerprint density at radius 3 is 2.47 bits per heavy atom. The van der Waals surface area contributed by atoms with Gasteiger partial charge in [-0.05, 0) is 18.6 Å². The highest BCUT2D eigenvalue weighted by atomic mass is 32.2. The average molecular weight is 224 g/mol. The molecule has 0 aliphatic rings. The van der Waals surface area contributed by atoms with Gasteiger partial charge in [0.25, 0.3) is 0 Å². The van der Waals surface area contributed by atoms with Crippen molar-refractivity contribution in [3.63, 3.8) is 0 Å². The lowest BCUT2D eigenvalue weighted by Crippen LogP contribution is -1.95. The normalized spacial score (nSPS) is 12.1. The Labute approximate surface area is 91.6 Å². The molecule has 0 saturated heterocycles. The van der Waals surface area contributed by atoms with Gasteiger partial charge in [0.15, 0.2) is 9.84 Å². The lowest BCUT2D eigenvalue weighted by Gasteiger charge is -1.97. The number of rotatable bonds is 5. The van der Waals surface area contributed by atoms with Crippen molar-refractivity contribution < 1.29 is 8.42 Å². The Hall–Kier alpha value is -1.09. The van der Waals surface area contributed by atoms with E-state index in [9.17, 15) is 8.42 Å². The fourth-order valence-electron chi connectivity index (χ4n) is 1.21. The largest absolute Gasteiger partial charge is 0.219 e. The number of allylic oxidation sites excluding steroid dienone is 1. The quantitative estimate of drug-likeness (QED) is 0.720. The molecule has 0 bridgehead atoms. The van der Waals surface area contributed by atoms with Crippen LogP contribution >= 0.6 is 0 Å². The molecule has 82 valence electrons. The predicted molar refractivity (Wildman–Crippen MR) is 62.3 cm³/mol. The van der Waals surface area contributed by atoms with E-state index in [4.69, 9.17) is 0 Å². The van der Waals surface area contributed by atoms with E-state index >= 15 is 0 Å². The molecule has 1 rings (SSSR count). The third-order valence-electron chi connectivity index (χ3n) is 2.07. The molecule has 0 heterocycles. The van der Waals surface area contributed by atoms with Gasteiger partial charge in [-0.1, -0.05) is 44.0 Å². The van der Waals surface area contributed by atoms with E-state index in [0.717, 1.165) is 19.3 Å². The predicted octanol–water partition coefficient (Wildman–Crippen LogP) is 3.16. The Kier molecular flexibility index (Phi) is 4.56. The van der Waals surface area contributed by atoms with Gasteiger partial charge in [0.2, 0.25) is 0 Å². The van der Waals surface area contributed by atoms with Gasteiger partial charge in [-0.15, -0.1) is 0 Å². The molecule has 0 N–H and O–H groups in total. The average Bonchev–Trinajstić information content (AvgIpc) is 2.26. The fraction of sp³-hybridized carbons (Fsp3) is 0.333. The van der Waals surface area contributed by atoms with Gasteiger partial charge in [0, 0.05) is 5.41 Å². The van der Waals surface area contributed by atoms with Crippen LogP contribution in [0.15, 0.2) is 46.7 Å². The van der Waals surface area contributed by atoms with Crippen molar-refractivity contribution in [1.29, 1.82) is 0 Å². The van der Waals surface area contributed by atoms with Crippen LogP contribution in [0.3, 0.4) is 0 Å². The summed E-state index contributed by atoms with van der Waals surface area (Å²) in [5.74, 6) is 0. The van der Waals surface area contributed by atoms with Gasteiger partial charge < -0.3 is 0 Å². The first-order chi connectivity index (χ1) is 7.17. The summed E-state index contributed by atoms with van der Waals surface area (Å²) < 4.78 is 23.4. The molecular formula is C12H16O2S. The van der Waals surface area contributed by atoms with E-state index in [0.29, 0.717) is 4.90 Å². The highest BCUT2D eigenvalue weighted by molar-refractivity contribution is 7.94. The molecule has 15 heavy (non-hydrogen) atoms. The van der Waals surface area contributed by atoms with Crippen molar-refractivity contribution >= 4 is 9.84 Å². The second kappa shape index (κ2) is 5.71. The van der Waals surface area contributed by atoms with Crippen LogP contribution in [0.5, 0.6) is 0 Å². The van der Waals surface area contributed by atoms with Crippen LogP contribution in [-0.2, 0) is 9.84 Å². The number of hydrogen-bond acceptors (Lipinski definition) is 2. The third kappa shape index (κ3) is 3.88. The number of hydrogen-bond donors (Lipinski definition) is 0. The first kappa shape index (κ1) is 12.0. The van der Waals surface area contributed by atoms with Crippen molar-refractivity contribution in [1.82, 2.24) is 0 Å². The lowest BCUT2D eigenvalue weighted by molar-refractivity contribution is 0.604. The van der Waals surface area contributed by atoms with E-state index in [1.54, 1.807) is 36.4 Å². The van der Waals surface area contributed by atoms with Crippen LogP contribution < -0.4 is 0 Å². The smallest absolute Gasteiger partial charge is 0.199 e. The summed E-state index contributed by atoms with van der Waals surface area (Å²) in [5, 5.41) is 1.30.